The van der Waals surface area contributed by atoms with Crippen molar-refractivity contribution in [2.75, 3.05) is 13.1 Å². The van der Waals surface area contributed by atoms with Crippen molar-refractivity contribution in [2.24, 2.45) is 0 Å². The molecule has 0 aromatic heterocycles. The normalized spacial score (nSPS) is 14.9. The molecule has 136 valence electrons. The summed E-state index contributed by atoms with van der Waals surface area (Å²) in [4.78, 5) is 26.5. The van der Waals surface area contributed by atoms with Crippen molar-refractivity contribution < 1.29 is 19.8 Å². The van der Waals surface area contributed by atoms with Gasteiger partial charge in [0.05, 0.1) is 0 Å². The molecule has 1 aliphatic heterocycles. The van der Waals surface area contributed by atoms with E-state index in [0.29, 0.717) is 36.5 Å². The first-order valence-corrected chi connectivity index (χ1v) is 8.69. The van der Waals surface area contributed by atoms with Gasteiger partial charge in [0.25, 0.3) is 11.8 Å². The Kier molecular flexibility index (Phi) is 5.32. The lowest BCUT2D eigenvalue weighted by atomic mass is 10.0. The highest BCUT2D eigenvalue weighted by molar-refractivity contribution is 6.30. The highest BCUT2D eigenvalue weighted by atomic mass is 35.5. The van der Waals surface area contributed by atoms with Crippen LogP contribution in [0.15, 0.2) is 42.5 Å². The van der Waals surface area contributed by atoms with E-state index in [1.807, 2.05) is 0 Å². The van der Waals surface area contributed by atoms with Crippen LogP contribution in [-0.4, -0.2) is 46.1 Å². The second-order valence-corrected chi connectivity index (χ2v) is 6.72. The van der Waals surface area contributed by atoms with Crippen LogP contribution in [0, 0.1) is 0 Å². The van der Waals surface area contributed by atoms with E-state index in [9.17, 15) is 19.8 Å². The van der Waals surface area contributed by atoms with E-state index in [0.717, 1.165) is 6.07 Å². The molecule has 1 heterocycles. The van der Waals surface area contributed by atoms with Crippen LogP contribution in [0.3, 0.4) is 0 Å². The van der Waals surface area contributed by atoms with Gasteiger partial charge in [0, 0.05) is 41.3 Å². The van der Waals surface area contributed by atoms with E-state index >= 15 is 0 Å². The van der Waals surface area contributed by atoms with Gasteiger partial charge in [-0.3, -0.25) is 9.59 Å². The molecule has 0 saturated carbocycles. The van der Waals surface area contributed by atoms with Crippen molar-refractivity contribution in [1.29, 1.82) is 0 Å². The molecule has 0 radical (unpaired) electrons. The minimum atomic E-state index is -0.365. The van der Waals surface area contributed by atoms with E-state index < -0.39 is 0 Å². The molecule has 0 spiro atoms. The first-order valence-electron chi connectivity index (χ1n) is 8.31. The van der Waals surface area contributed by atoms with Gasteiger partial charge in [0.15, 0.2) is 0 Å². The summed E-state index contributed by atoms with van der Waals surface area (Å²) < 4.78 is 0. The summed E-state index contributed by atoms with van der Waals surface area (Å²) in [6, 6.07) is 10.5. The van der Waals surface area contributed by atoms with E-state index in [2.05, 4.69) is 5.32 Å². The first kappa shape index (κ1) is 18.1. The molecule has 3 rings (SSSR count). The highest BCUT2D eigenvalue weighted by Crippen LogP contribution is 2.21. The molecule has 6 nitrogen and oxygen atoms in total. The van der Waals surface area contributed by atoms with E-state index in [1.54, 1.807) is 29.2 Å². The summed E-state index contributed by atoms with van der Waals surface area (Å²) in [5, 5.41) is 22.4. The molecule has 2 aromatic carbocycles. The number of piperidine rings is 1. The van der Waals surface area contributed by atoms with E-state index in [-0.39, 0.29) is 34.9 Å². The van der Waals surface area contributed by atoms with Gasteiger partial charge in [-0.2, -0.15) is 0 Å². The number of phenolic OH excluding ortho intramolecular Hbond substituents is 2. The maximum atomic E-state index is 12.5. The van der Waals surface area contributed by atoms with Gasteiger partial charge < -0.3 is 20.4 Å². The molecule has 2 aromatic rings. The Morgan fingerprint density at radius 2 is 1.65 bits per heavy atom. The molecule has 26 heavy (non-hydrogen) atoms. The third-order valence-corrected chi connectivity index (χ3v) is 4.59. The molecule has 0 aliphatic carbocycles. The summed E-state index contributed by atoms with van der Waals surface area (Å²) in [5.41, 5.74) is 0.746. The van der Waals surface area contributed by atoms with Crippen molar-refractivity contribution in [3.05, 3.63) is 58.6 Å². The Morgan fingerprint density at radius 1 is 1.00 bits per heavy atom. The summed E-state index contributed by atoms with van der Waals surface area (Å²) >= 11 is 5.93. The van der Waals surface area contributed by atoms with Crippen LogP contribution in [0.1, 0.15) is 33.6 Å². The van der Waals surface area contributed by atoms with Gasteiger partial charge in [-0.15, -0.1) is 0 Å². The quantitative estimate of drug-likeness (QED) is 0.770. The topological polar surface area (TPSA) is 89.9 Å². The zero-order valence-electron chi connectivity index (χ0n) is 14.0. The van der Waals surface area contributed by atoms with Crippen LogP contribution in [0.4, 0.5) is 0 Å². The summed E-state index contributed by atoms with van der Waals surface area (Å²) in [5.74, 6) is -0.778. The standard InChI is InChI=1S/C19H19ClN2O4/c20-14-3-1-2-12(8-14)19(26)22-6-4-15(5-7-22)21-18(25)13-9-16(23)11-17(24)10-13/h1-3,8-11,15,23-24H,4-7H2,(H,21,25). The van der Waals surface area contributed by atoms with Gasteiger partial charge in [0.1, 0.15) is 11.5 Å². The van der Waals surface area contributed by atoms with Gasteiger partial charge in [-0.05, 0) is 43.2 Å². The van der Waals surface area contributed by atoms with Crippen molar-refractivity contribution >= 4 is 23.4 Å². The number of halogens is 1. The van der Waals surface area contributed by atoms with Crippen LogP contribution in [-0.2, 0) is 0 Å². The molecule has 7 heteroatoms. The van der Waals surface area contributed by atoms with Gasteiger partial charge in [-0.1, -0.05) is 17.7 Å². The number of hydrogen-bond donors (Lipinski definition) is 3. The van der Waals surface area contributed by atoms with Crippen LogP contribution >= 0.6 is 11.6 Å². The SMILES string of the molecule is O=C(NC1CCN(C(=O)c2cccc(Cl)c2)CC1)c1cc(O)cc(O)c1. The number of likely N-dealkylation sites (tertiary alicyclic amines) is 1. The van der Waals surface area contributed by atoms with E-state index in [4.69, 9.17) is 11.6 Å². The van der Waals surface area contributed by atoms with Gasteiger partial charge >= 0.3 is 0 Å². The lowest BCUT2D eigenvalue weighted by molar-refractivity contribution is 0.0698. The molecule has 3 N–H and O–H groups in total. The highest BCUT2D eigenvalue weighted by Gasteiger charge is 2.25. The molecule has 2 amide bonds. The third-order valence-electron chi connectivity index (χ3n) is 4.35. The monoisotopic (exact) mass is 374 g/mol. The number of hydrogen-bond acceptors (Lipinski definition) is 4. The second kappa shape index (κ2) is 7.66. The number of carbonyl (C=O) groups is 2. The largest absolute Gasteiger partial charge is 0.508 e. The first-order chi connectivity index (χ1) is 12.4. The lowest BCUT2D eigenvalue weighted by Gasteiger charge is -2.32. The van der Waals surface area contributed by atoms with Gasteiger partial charge in [-0.25, -0.2) is 0 Å². The average Bonchev–Trinajstić information content (AvgIpc) is 2.61. The molecular weight excluding hydrogens is 356 g/mol. The number of aromatic hydroxyl groups is 2. The number of phenols is 2. The Morgan fingerprint density at radius 3 is 2.27 bits per heavy atom. The van der Waals surface area contributed by atoms with Crippen LogP contribution in [0.2, 0.25) is 5.02 Å². The van der Waals surface area contributed by atoms with Crippen LogP contribution in [0.25, 0.3) is 0 Å². The minimum Gasteiger partial charge on any atom is -0.508 e. The van der Waals surface area contributed by atoms with Crippen LogP contribution < -0.4 is 5.32 Å². The Hall–Kier alpha value is -2.73. The fraction of sp³-hybridized carbons (Fsp3) is 0.263. The predicted octanol–water partition coefficient (Wildman–Crippen LogP) is 2.79. The minimum absolute atomic E-state index is 0.0737. The number of nitrogens with one attached hydrogen (secondary N) is 1. The Bertz CT molecular complexity index is 812. The molecule has 1 fully saturated rings. The smallest absolute Gasteiger partial charge is 0.253 e. The third kappa shape index (κ3) is 4.26. The van der Waals surface area contributed by atoms with Crippen molar-refractivity contribution in [3.8, 4) is 11.5 Å². The fourth-order valence-corrected chi connectivity index (χ4v) is 3.22. The number of rotatable bonds is 3. The van der Waals surface area contributed by atoms with Gasteiger partial charge in [0.2, 0.25) is 0 Å². The number of amides is 2. The molecule has 1 aliphatic rings. The number of carbonyl (C=O) groups excluding carboxylic acids is 2. The Labute approximate surface area is 156 Å². The zero-order valence-corrected chi connectivity index (χ0v) is 14.7. The molecular formula is C19H19ClN2O4. The van der Waals surface area contributed by atoms with Crippen molar-refractivity contribution in [3.63, 3.8) is 0 Å². The maximum absolute atomic E-state index is 12.5. The molecule has 0 bridgehead atoms. The summed E-state index contributed by atoms with van der Waals surface area (Å²) in [6.45, 7) is 1.06. The van der Waals surface area contributed by atoms with Crippen molar-refractivity contribution in [2.45, 2.75) is 18.9 Å². The molecule has 1 saturated heterocycles. The Balaban J connectivity index is 1.56. The zero-order chi connectivity index (χ0) is 18.7. The average molecular weight is 375 g/mol. The molecule has 0 unspecified atom stereocenters. The fourth-order valence-electron chi connectivity index (χ4n) is 3.03. The van der Waals surface area contributed by atoms with Crippen molar-refractivity contribution in [1.82, 2.24) is 10.2 Å². The summed E-state index contributed by atoms with van der Waals surface area (Å²) in [6.07, 6.45) is 1.26. The number of nitrogens with zero attached hydrogens (tertiary/aromatic N) is 1. The molecule has 0 atom stereocenters. The predicted molar refractivity (Wildman–Crippen MR) is 97.6 cm³/mol. The second-order valence-electron chi connectivity index (χ2n) is 6.29. The maximum Gasteiger partial charge on any atom is 0.253 e. The van der Waals surface area contributed by atoms with Crippen LogP contribution in [0.5, 0.6) is 11.5 Å². The lowest BCUT2D eigenvalue weighted by Crippen LogP contribution is -2.46. The number of benzene rings is 2. The summed E-state index contributed by atoms with van der Waals surface area (Å²) in [7, 11) is 0. The van der Waals surface area contributed by atoms with E-state index in [1.165, 1.54) is 12.1 Å².